The van der Waals surface area contributed by atoms with Crippen molar-refractivity contribution >= 4 is 91.3 Å². The molecule has 0 saturated carbocycles. The van der Waals surface area contributed by atoms with Gasteiger partial charge in [-0.2, -0.15) is 0 Å². The minimum absolute atomic E-state index is 0.954. The third kappa shape index (κ3) is 5.94. The van der Waals surface area contributed by atoms with Crippen molar-refractivity contribution in [2.24, 2.45) is 0 Å². The molecule has 3 nitrogen and oxygen atoms in total. The molecule has 4 heterocycles. The summed E-state index contributed by atoms with van der Waals surface area (Å²) in [6, 6.07) is 88.1. The van der Waals surface area contributed by atoms with Gasteiger partial charge < -0.3 is 0 Å². The first kappa shape index (κ1) is 38.3. The second-order valence-electron chi connectivity index (χ2n) is 16.5. The molecule has 6 heteroatoms. The summed E-state index contributed by atoms with van der Waals surface area (Å²) in [5.41, 5.74) is 5.29. The van der Waals surface area contributed by atoms with Crippen LogP contribution in [0.3, 0.4) is 0 Å². The highest BCUT2D eigenvalue weighted by atomic mass is 32.2. The van der Waals surface area contributed by atoms with E-state index in [0.717, 1.165) is 33.5 Å². The summed E-state index contributed by atoms with van der Waals surface area (Å²) >= 11 is 1.91. The predicted octanol–water partition coefficient (Wildman–Crippen LogP) is 8.46. The minimum Gasteiger partial charge on any atom is -0.294 e. The first-order valence-corrected chi connectivity index (χ1v) is 26.6. The van der Waals surface area contributed by atoms with E-state index < -0.39 is 16.1 Å². The minimum atomic E-state index is -2.98. The van der Waals surface area contributed by atoms with Gasteiger partial charge in [-0.1, -0.05) is 194 Å². The zero-order valence-electron chi connectivity index (χ0n) is 34.9. The first-order valence-electron chi connectivity index (χ1n) is 21.8. The van der Waals surface area contributed by atoms with Crippen LogP contribution in [0.5, 0.6) is 0 Å². The van der Waals surface area contributed by atoms with Crippen molar-refractivity contribution in [1.29, 1.82) is 0 Å². The van der Waals surface area contributed by atoms with Crippen LogP contribution in [-0.4, -0.2) is 30.7 Å². The van der Waals surface area contributed by atoms with Gasteiger partial charge in [0.2, 0.25) is 0 Å². The Bertz CT molecular complexity index is 3390. The Morgan fingerprint density at radius 3 is 1.69 bits per heavy atom. The molecule has 0 radical (unpaired) electrons. The van der Waals surface area contributed by atoms with Crippen molar-refractivity contribution in [3.8, 4) is 16.9 Å². The van der Waals surface area contributed by atoms with Gasteiger partial charge in [0.25, 0.3) is 0 Å². The Kier molecular flexibility index (Phi) is 9.44. The molecule has 0 bridgehead atoms. The molecule has 3 aromatic heterocycles. The Morgan fingerprint density at radius 2 is 1.00 bits per heavy atom. The fourth-order valence-corrected chi connectivity index (χ4v) is 22.3. The lowest BCUT2D eigenvalue weighted by atomic mass is 10.1. The number of aromatic nitrogens is 3. The van der Waals surface area contributed by atoms with Crippen LogP contribution in [-0.2, 0) is 0 Å². The zero-order valence-corrected chi connectivity index (χ0v) is 37.7. The molecule has 0 atom stereocenters. The molecule has 0 spiro atoms. The van der Waals surface area contributed by atoms with Gasteiger partial charge in [-0.3, -0.25) is 9.55 Å². The molecule has 64 heavy (non-hydrogen) atoms. The molecule has 1 aliphatic heterocycles. The second kappa shape index (κ2) is 15.8. The van der Waals surface area contributed by atoms with Gasteiger partial charge in [-0.05, 0) is 96.1 Å². The molecule has 0 fully saturated rings. The van der Waals surface area contributed by atoms with E-state index in [-0.39, 0.29) is 0 Å². The van der Waals surface area contributed by atoms with E-state index in [4.69, 9.17) is 9.97 Å². The molecular weight excluding hydrogens is 827 g/mol. The summed E-state index contributed by atoms with van der Waals surface area (Å²) in [4.78, 5) is 12.6. The number of hydrogen-bond donors (Lipinski definition) is 0. The maximum absolute atomic E-state index is 5.20. The Labute approximate surface area is 379 Å². The topological polar surface area (TPSA) is 30.7 Å². The highest BCUT2D eigenvalue weighted by Gasteiger charge is 2.47. The summed E-state index contributed by atoms with van der Waals surface area (Å²) in [5, 5.41) is 13.2. The number of rotatable bonds is 8. The smallest absolute Gasteiger partial charge is 0.181 e. The van der Waals surface area contributed by atoms with Gasteiger partial charge in [0.1, 0.15) is 5.65 Å². The first-order chi connectivity index (χ1) is 31.7. The standard InChI is InChI=1S/C58H41N3SSi2/c1-5-22-44(23-6-1)63(45-24-7-2-8-25-45,48-30-17-20-42(38-48)52-33-15-16-36-59-52)49-31-18-21-43(39-49)61-53-41-57-55(40-51(53)50-32-19-37-60-58(50)61)62-54-34-13-14-35-56(54)64(57,46-26-9-3-10-27-46)47-28-11-4-12-29-47/h1-41H. The van der Waals surface area contributed by atoms with Gasteiger partial charge in [0.05, 0.1) is 11.2 Å². The van der Waals surface area contributed by atoms with Gasteiger partial charge >= 0.3 is 0 Å². The normalized spacial score (nSPS) is 13.1. The summed E-state index contributed by atoms with van der Waals surface area (Å²) < 4.78 is 2.44. The third-order valence-corrected chi connectivity index (χ3v) is 24.3. The van der Waals surface area contributed by atoms with Crippen molar-refractivity contribution < 1.29 is 0 Å². The summed E-state index contributed by atoms with van der Waals surface area (Å²) in [7, 11) is -5.80. The average molecular weight is 868 g/mol. The number of benzene rings is 8. The van der Waals surface area contributed by atoms with E-state index in [1.165, 1.54) is 56.7 Å². The van der Waals surface area contributed by atoms with E-state index in [2.05, 4.69) is 235 Å². The Balaban J connectivity index is 1.16. The number of nitrogens with zero attached hydrogens (tertiary/aromatic N) is 3. The molecular formula is C58H41N3SSi2. The molecule has 11 aromatic rings. The highest BCUT2D eigenvalue weighted by Crippen LogP contribution is 2.39. The van der Waals surface area contributed by atoms with Crippen LogP contribution >= 0.6 is 11.8 Å². The van der Waals surface area contributed by atoms with Gasteiger partial charge in [0, 0.05) is 44.2 Å². The van der Waals surface area contributed by atoms with Crippen LogP contribution in [0.25, 0.3) is 38.9 Å². The largest absolute Gasteiger partial charge is 0.294 e. The molecule has 12 rings (SSSR count). The quantitative estimate of drug-likeness (QED) is 0.114. The van der Waals surface area contributed by atoms with Crippen LogP contribution in [0.2, 0.25) is 0 Å². The number of hydrogen-bond acceptors (Lipinski definition) is 3. The molecule has 302 valence electrons. The fraction of sp³-hybridized carbons (Fsp3) is 0. The number of pyridine rings is 2. The summed E-state index contributed by atoms with van der Waals surface area (Å²) in [6.07, 6.45) is 3.82. The predicted molar refractivity (Wildman–Crippen MR) is 273 cm³/mol. The SMILES string of the molecule is c1ccc([Si](c2ccccc2)(c2cccc(-c3ccccn3)c2)c2cccc(-n3c4cc5c(cc4c4cccnc43)Sc3ccccc3[Si]5(c3ccccc3)c3ccccc3)c2)cc1. The zero-order chi connectivity index (χ0) is 42.5. The number of fused-ring (bicyclic) bond motifs is 5. The Hall–Kier alpha value is -7.36. The lowest BCUT2D eigenvalue weighted by Crippen LogP contribution is -2.76. The third-order valence-electron chi connectivity index (χ3n) is 13.2. The summed E-state index contributed by atoms with van der Waals surface area (Å²) in [5.74, 6) is 0. The second-order valence-corrected chi connectivity index (χ2v) is 25.1. The van der Waals surface area contributed by atoms with Crippen molar-refractivity contribution in [2.75, 3.05) is 0 Å². The van der Waals surface area contributed by atoms with Gasteiger partial charge in [-0.25, -0.2) is 4.98 Å². The van der Waals surface area contributed by atoms with Crippen molar-refractivity contribution in [2.45, 2.75) is 9.79 Å². The van der Waals surface area contributed by atoms with E-state index in [1.54, 1.807) is 0 Å². The van der Waals surface area contributed by atoms with E-state index in [1.807, 2.05) is 30.2 Å². The Morgan fingerprint density at radius 1 is 0.406 bits per heavy atom. The monoisotopic (exact) mass is 867 g/mol. The van der Waals surface area contributed by atoms with Crippen molar-refractivity contribution in [3.05, 3.63) is 249 Å². The molecule has 0 saturated heterocycles. The highest BCUT2D eigenvalue weighted by molar-refractivity contribution is 8.00. The van der Waals surface area contributed by atoms with Crippen LogP contribution in [0.1, 0.15) is 0 Å². The van der Waals surface area contributed by atoms with Crippen molar-refractivity contribution in [1.82, 2.24) is 14.5 Å². The lowest BCUT2D eigenvalue weighted by molar-refractivity contribution is 1.14. The van der Waals surface area contributed by atoms with Gasteiger partial charge in [-0.15, -0.1) is 0 Å². The van der Waals surface area contributed by atoms with E-state index in [0.29, 0.717) is 0 Å². The van der Waals surface area contributed by atoms with E-state index >= 15 is 0 Å². The molecule has 1 aliphatic rings. The fourth-order valence-electron chi connectivity index (χ4n) is 10.5. The molecule has 8 aromatic carbocycles. The maximum Gasteiger partial charge on any atom is 0.181 e. The molecule has 0 N–H and O–H groups in total. The van der Waals surface area contributed by atoms with Gasteiger partial charge in [0.15, 0.2) is 16.1 Å². The van der Waals surface area contributed by atoms with Crippen LogP contribution in [0.4, 0.5) is 0 Å². The van der Waals surface area contributed by atoms with E-state index in [9.17, 15) is 0 Å². The van der Waals surface area contributed by atoms with Crippen LogP contribution in [0.15, 0.2) is 259 Å². The van der Waals surface area contributed by atoms with Crippen LogP contribution < -0.4 is 41.5 Å². The lowest BCUT2D eigenvalue weighted by Gasteiger charge is -2.40. The molecule has 0 unspecified atom stereocenters. The molecule has 0 amide bonds. The average Bonchev–Trinajstić information content (AvgIpc) is 3.70. The summed E-state index contributed by atoms with van der Waals surface area (Å²) in [6.45, 7) is 0. The molecule has 0 aliphatic carbocycles. The van der Waals surface area contributed by atoms with Crippen LogP contribution in [0, 0.1) is 0 Å². The van der Waals surface area contributed by atoms with Crippen molar-refractivity contribution in [3.63, 3.8) is 0 Å². The maximum atomic E-state index is 5.20.